The summed E-state index contributed by atoms with van der Waals surface area (Å²) in [5.74, 6) is 0.481. The standard InChI is InChI=1S/C9H17NO2/c1-7-5-6-12-8(11)10(4)9(7,2)3/h7H,5-6H2,1-4H3. The van der Waals surface area contributed by atoms with Crippen molar-refractivity contribution in [2.45, 2.75) is 32.7 Å². The average molecular weight is 171 g/mol. The van der Waals surface area contributed by atoms with E-state index in [1.165, 1.54) is 0 Å². The van der Waals surface area contributed by atoms with Gasteiger partial charge in [0.1, 0.15) is 0 Å². The van der Waals surface area contributed by atoms with E-state index in [0.29, 0.717) is 12.5 Å². The largest absolute Gasteiger partial charge is 0.449 e. The van der Waals surface area contributed by atoms with Gasteiger partial charge in [0.05, 0.1) is 6.61 Å². The number of nitrogens with zero attached hydrogens (tertiary/aromatic N) is 1. The first kappa shape index (κ1) is 9.36. The van der Waals surface area contributed by atoms with E-state index >= 15 is 0 Å². The topological polar surface area (TPSA) is 29.5 Å². The van der Waals surface area contributed by atoms with Gasteiger partial charge in [-0.1, -0.05) is 6.92 Å². The molecule has 1 aliphatic rings. The van der Waals surface area contributed by atoms with Gasteiger partial charge in [0.2, 0.25) is 0 Å². The van der Waals surface area contributed by atoms with Crippen molar-refractivity contribution < 1.29 is 9.53 Å². The Morgan fingerprint density at radius 1 is 1.58 bits per heavy atom. The summed E-state index contributed by atoms with van der Waals surface area (Å²) in [5.41, 5.74) is -0.0897. The minimum Gasteiger partial charge on any atom is -0.449 e. The lowest BCUT2D eigenvalue weighted by atomic mass is 9.86. The first-order valence-corrected chi connectivity index (χ1v) is 4.37. The number of rotatable bonds is 0. The van der Waals surface area contributed by atoms with Crippen LogP contribution in [-0.4, -0.2) is 30.2 Å². The zero-order chi connectivity index (χ0) is 9.35. The molecule has 0 aromatic carbocycles. The number of amides is 1. The predicted molar refractivity (Wildman–Crippen MR) is 47.0 cm³/mol. The van der Waals surface area contributed by atoms with Crippen molar-refractivity contribution in [3.8, 4) is 0 Å². The second-order valence-corrected chi connectivity index (χ2v) is 4.02. The zero-order valence-corrected chi connectivity index (χ0v) is 8.26. The van der Waals surface area contributed by atoms with Crippen LogP contribution in [0.15, 0.2) is 0 Å². The lowest BCUT2D eigenvalue weighted by Gasteiger charge is -2.36. The van der Waals surface area contributed by atoms with Gasteiger partial charge in [0.15, 0.2) is 0 Å². The van der Waals surface area contributed by atoms with Crippen molar-refractivity contribution in [1.29, 1.82) is 0 Å². The van der Waals surface area contributed by atoms with Gasteiger partial charge in [-0.05, 0) is 26.2 Å². The molecule has 0 aromatic heterocycles. The van der Waals surface area contributed by atoms with E-state index in [1.54, 1.807) is 11.9 Å². The summed E-state index contributed by atoms with van der Waals surface area (Å²) in [4.78, 5) is 13.0. The Labute approximate surface area is 73.7 Å². The van der Waals surface area contributed by atoms with Crippen LogP contribution in [0.1, 0.15) is 27.2 Å². The summed E-state index contributed by atoms with van der Waals surface area (Å²) >= 11 is 0. The molecule has 0 saturated carbocycles. The summed E-state index contributed by atoms with van der Waals surface area (Å²) in [5, 5.41) is 0. The Kier molecular flexibility index (Phi) is 2.31. The number of carbonyl (C=O) groups is 1. The van der Waals surface area contributed by atoms with Crippen molar-refractivity contribution in [3.63, 3.8) is 0 Å². The third kappa shape index (κ3) is 1.40. The van der Waals surface area contributed by atoms with Crippen LogP contribution >= 0.6 is 0 Å². The highest BCUT2D eigenvalue weighted by atomic mass is 16.6. The summed E-state index contributed by atoms with van der Waals surface area (Å²) in [6.45, 7) is 6.85. The quantitative estimate of drug-likeness (QED) is 0.557. The van der Waals surface area contributed by atoms with Gasteiger partial charge in [-0.25, -0.2) is 4.79 Å². The molecule has 3 nitrogen and oxygen atoms in total. The summed E-state index contributed by atoms with van der Waals surface area (Å²) in [6.07, 6.45) is 0.743. The second-order valence-electron chi connectivity index (χ2n) is 4.02. The van der Waals surface area contributed by atoms with Crippen molar-refractivity contribution >= 4 is 6.09 Å². The molecule has 0 radical (unpaired) electrons. The van der Waals surface area contributed by atoms with Gasteiger partial charge in [-0.2, -0.15) is 0 Å². The molecule has 12 heavy (non-hydrogen) atoms. The molecule has 0 spiro atoms. The first-order valence-electron chi connectivity index (χ1n) is 4.37. The molecule has 70 valence electrons. The van der Waals surface area contributed by atoms with Crippen LogP contribution in [0.5, 0.6) is 0 Å². The molecule has 0 aromatic rings. The van der Waals surface area contributed by atoms with Gasteiger partial charge in [-0.15, -0.1) is 0 Å². The fourth-order valence-corrected chi connectivity index (χ4v) is 1.34. The third-order valence-electron chi connectivity index (χ3n) is 3.12. The number of hydrogen-bond donors (Lipinski definition) is 0. The Morgan fingerprint density at radius 2 is 2.17 bits per heavy atom. The predicted octanol–water partition coefficient (Wildman–Crippen LogP) is 1.87. The molecule has 1 heterocycles. The molecular formula is C9H17NO2. The zero-order valence-electron chi connectivity index (χ0n) is 8.26. The van der Waals surface area contributed by atoms with Crippen LogP contribution in [-0.2, 0) is 4.74 Å². The molecule has 0 bridgehead atoms. The molecule has 1 rings (SSSR count). The minimum absolute atomic E-state index is 0.0897. The summed E-state index contributed by atoms with van der Waals surface area (Å²) in [6, 6.07) is 0. The average Bonchev–Trinajstić information content (AvgIpc) is 2.07. The van der Waals surface area contributed by atoms with Crippen molar-refractivity contribution in [2.75, 3.05) is 13.7 Å². The lowest BCUT2D eigenvalue weighted by molar-refractivity contribution is 0.0889. The number of hydrogen-bond acceptors (Lipinski definition) is 2. The number of ether oxygens (including phenoxy) is 1. The van der Waals surface area contributed by atoms with Crippen LogP contribution in [0, 0.1) is 5.92 Å². The van der Waals surface area contributed by atoms with E-state index in [2.05, 4.69) is 20.8 Å². The van der Waals surface area contributed by atoms with Crippen LogP contribution in [0.3, 0.4) is 0 Å². The Morgan fingerprint density at radius 3 is 2.75 bits per heavy atom. The smallest absolute Gasteiger partial charge is 0.409 e. The highest BCUT2D eigenvalue weighted by molar-refractivity contribution is 5.68. The molecule has 1 amide bonds. The van der Waals surface area contributed by atoms with Crippen LogP contribution in [0.2, 0.25) is 0 Å². The second kappa shape index (κ2) is 2.96. The van der Waals surface area contributed by atoms with E-state index in [1.807, 2.05) is 0 Å². The van der Waals surface area contributed by atoms with Crippen molar-refractivity contribution in [2.24, 2.45) is 5.92 Å². The van der Waals surface area contributed by atoms with Crippen LogP contribution in [0.4, 0.5) is 4.79 Å². The molecule has 1 fully saturated rings. The molecule has 1 unspecified atom stereocenters. The van der Waals surface area contributed by atoms with Gasteiger partial charge in [0.25, 0.3) is 0 Å². The fraction of sp³-hybridized carbons (Fsp3) is 0.889. The molecule has 3 heteroatoms. The fourth-order valence-electron chi connectivity index (χ4n) is 1.34. The maximum Gasteiger partial charge on any atom is 0.409 e. The maximum atomic E-state index is 11.3. The van der Waals surface area contributed by atoms with Crippen molar-refractivity contribution in [3.05, 3.63) is 0 Å². The van der Waals surface area contributed by atoms with Crippen LogP contribution in [0.25, 0.3) is 0 Å². The molecule has 1 saturated heterocycles. The Bertz CT molecular complexity index is 189. The van der Waals surface area contributed by atoms with Gasteiger partial charge in [0, 0.05) is 12.6 Å². The number of cyclic esters (lactones) is 1. The number of carbonyl (C=O) groups excluding carboxylic acids is 1. The molecule has 0 N–H and O–H groups in total. The van der Waals surface area contributed by atoms with E-state index in [-0.39, 0.29) is 11.6 Å². The van der Waals surface area contributed by atoms with E-state index in [9.17, 15) is 4.79 Å². The highest BCUT2D eigenvalue weighted by Gasteiger charge is 2.36. The Hall–Kier alpha value is -0.730. The molecule has 1 aliphatic heterocycles. The first-order chi connectivity index (χ1) is 5.46. The minimum atomic E-state index is -0.204. The van der Waals surface area contributed by atoms with Crippen LogP contribution < -0.4 is 0 Å². The molecular weight excluding hydrogens is 154 g/mol. The van der Waals surface area contributed by atoms with Gasteiger partial charge >= 0.3 is 6.09 Å². The van der Waals surface area contributed by atoms with Gasteiger partial charge < -0.3 is 9.64 Å². The molecule has 1 atom stereocenters. The van der Waals surface area contributed by atoms with Gasteiger partial charge in [-0.3, -0.25) is 0 Å². The third-order valence-corrected chi connectivity index (χ3v) is 3.12. The SMILES string of the molecule is CC1CCOC(=O)N(C)C1(C)C. The highest BCUT2D eigenvalue weighted by Crippen LogP contribution is 2.28. The normalized spacial score (nSPS) is 29.5. The van der Waals surface area contributed by atoms with E-state index in [4.69, 9.17) is 4.74 Å². The van der Waals surface area contributed by atoms with E-state index in [0.717, 1.165) is 6.42 Å². The Balaban J connectivity index is 2.85. The summed E-state index contributed by atoms with van der Waals surface area (Å²) in [7, 11) is 1.80. The van der Waals surface area contributed by atoms with E-state index < -0.39 is 0 Å². The summed E-state index contributed by atoms with van der Waals surface area (Å²) < 4.78 is 5.01. The molecule has 0 aliphatic carbocycles. The lowest BCUT2D eigenvalue weighted by Crippen LogP contribution is -2.47. The monoisotopic (exact) mass is 171 g/mol. The van der Waals surface area contributed by atoms with Crippen molar-refractivity contribution in [1.82, 2.24) is 4.90 Å². The maximum absolute atomic E-state index is 11.3.